The maximum absolute atomic E-state index is 11.8. The molecular formula is C39H74N4O20. The molecule has 370 valence electrons. The van der Waals surface area contributed by atoms with Crippen LogP contribution >= 0.6 is 0 Å². The van der Waals surface area contributed by atoms with Crippen LogP contribution in [0.4, 0.5) is 0 Å². The molecule has 24 nitrogen and oxygen atoms in total. The molecule has 0 aliphatic rings. The Hall–Kier alpha value is -3.66. The third-order valence-electron chi connectivity index (χ3n) is 7.28. The molecule has 0 aliphatic heterocycles. The van der Waals surface area contributed by atoms with E-state index >= 15 is 0 Å². The molecule has 1 unspecified atom stereocenters. The fourth-order valence-corrected chi connectivity index (χ4v) is 4.22. The Bertz CT molecular complexity index is 1100. The summed E-state index contributed by atoms with van der Waals surface area (Å²) in [4.78, 5) is 64.5. The molecular weight excluding hydrogens is 844 g/mol. The van der Waals surface area contributed by atoms with Crippen LogP contribution in [0.15, 0.2) is 0 Å². The minimum absolute atomic E-state index is 0.0187. The normalized spacial score (nSPS) is 11.3. The van der Waals surface area contributed by atoms with Crippen LogP contribution in [0.1, 0.15) is 33.1 Å². The monoisotopic (exact) mass is 918 g/mol. The van der Waals surface area contributed by atoms with Crippen LogP contribution < -0.4 is 21.3 Å². The molecule has 0 fully saturated rings. The van der Waals surface area contributed by atoms with Crippen molar-refractivity contribution >= 4 is 36.1 Å². The first-order valence-corrected chi connectivity index (χ1v) is 20.9. The van der Waals surface area contributed by atoms with Crippen molar-refractivity contribution in [1.82, 2.24) is 21.3 Å². The number of carbonyl (C=O) groups is 6. The molecule has 63 heavy (non-hydrogen) atoms. The van der Waals surface area contributed by atoms with Gasteiger partial charge in [0.25, 0.3) is 6.47 Å². The van der Waals surface area contributed by atoms with Crippen LogP contribution in [0.2, 0.25) is 0 Å². The summed E-state index contributed by atoms with van der Waals surface area (Å²) in [7, 11) is 0. The summed E-state index contributed by atoms with van der Waals surface area (Å²) in [6.07, 6.45) is 0.617. The van der Waals surface area contributed by atoms with Gasteiger partial charge < -0.3 is 88.3 Å². The fourth-order valence-electron chi connectivity index (χ4n) is 4.22. The second-order valence-corrected chi connectivity index (χ2v) is 12.6. The Morgan fingerprint density at radius 3 is 1.05 bits per heavy atom. The van der Waals surface area contributed by atoms with Gasteiger partial charge in [-0.2, -0.15) is 0 Å². The number of rotatable bonds is 47. The molecule has 0 aromatic rings. The predicted molar refractivity (Wildman–Crippen MR) is 222 cm³/mol. The van der Waals surface area contributed by atoms with Gasteiger partial charge in [-0.25, -0.2) is 0 Å². The van der Waals surface area contributed by atoms with E-state index in [9.17, 15) is 24.0 Å². The van der Waals surface area contributed by atoms with E-state index in [0.29, 0.717) is 165 Å². The molecule has 0 heterocycles. The number of amides is 4. The van der Waals surface area contributed by atoms with Crippen LogP contribution in [0.3, 0.4) is 0 Å². The molecule has 24 heteroatoms. The third kappa shape index (κ3) is 56.3. The van der Waals surface area contributed by atoms with Crippen molar-refractivity contribution < 1.29 is 95.8 Å². The SMILES string of the molecule is CC(=O)NCC(=O)NCC(=O)NCCOCCOCCOCCOCCOCCOCCOCCOCCOCCOCCOCCOCCC(=O)NC(C)CCC(=O)O.O=CO. The van der Waals surface area contributed by atoms with Crippen LogP contribution in [-0.2, 0) is 85.6 Å². The lowest BCUT2D eigenvalue weighted by Gasteiger charge is -2.12. The topological polar surface area (TPSA) is 302 Å². The highest BCUT2D eigenvalue weighted by Gasteiger charge is 2.09. The molecule has 0 saturated carbocycles. The van der Waals surface area contributed by atoms with Crippen molar-refractivity contribution in [2.75, 3.05) is 178 Å². The van der Waals surface area contributed by atoms with Gasteiger partial charge in [-0.05, 0) is 13.3 Å². The summed E-state index contributed by atoms with van der Waals surface area (Å²) in [6, 6.07) is -0.191. The van der Waals surface area contributed by atoms with Gasteiger partial charge in [0.05, 0.1) is 172 Å². The third-order valence-corrected chi connectivity index (χ3v) is 7.28. The lowest BCUT2D eigenvalue weighted by Crippen LogP contribution is -2.42. The first-order valence-electron chi connectivity index (χ1n) is 20.9. The van der Waals surface area contributed by atoms with E-state index in [0.717, 1.165) is 0 Å². The molecule has 0 aromatic heterocycles. The highest BCUT2D eigenvalue weighted by Crippen LogP contribution is 1.97. The van der Waals surface area contributed by atoms with Crippen LogP contribution in [0.25, 0.3) is 0 Å². The van der Waals surface area contributed by atoms with Gasteiger partial charge in [0, 0.05) is 32.4 Å². The number of carboxylic acids is 1. The van der Waals surface area contributed by atoms with Crippen LogP contribution in [0.5, 0.6) is 0 Å². The van der Waals surface area contributed by atoms with E-state index in [1.165, 1.54) is 6.92 Å². The number of hydrogen-bond acceptors (Lipinski definition) is 18. The number of aliphatic carboxylic acids is 1. The standard InChI is InChI=1S/C38H72N4O18.CH2O2/c1-33(3-4-38(47)48)42-35(44)5-7-49-9-11-51-13-15-53-17-19-55-21-23-57-25-27-59-29-30-60-28-26-58-24-22-56-20-18-54-16-14-52-12-10-50-8-6-39-36(45)32-41-37(46)31-40-34(2)43;2-1-3/h33H,3-32H2,1-2H3,(H,39,45)(H,40,43)(H,41,46)(H,42,44)(H,47,48);1H,(H,2,3). The zero-order chi connectivity index (χ0) is 46.7. The molecule has 0 aliphatic carbocycles. The molecule has 4 amide bonds. The van der Waals surface area contributed by atoms with Gasteiger partial charge in [-0.15, -0.1) is 0 Å². The van der Waals surface area contributed by atoms with Gasteiger partial charge in [0.2, 0.25) is 23.6 Å². The first-order chi connectivity index (χ1) is 30.6. The average molecular weight is 919 g/mol. The van der Waals surface area contributed by atoms with Crippen molar-refractivity contribution in [2.24, 2.45) is 0 Å². The summed E-state index contributed by atoms with van der Waals surface area (Å²) in [6.45, 7) is 12.9. The van der Waals surface area contributed by atoms with Crippen molar-refractivity contribution in [1.29, 1.82) is 0 Å². The smallest absolute Gasteiger partial charge is 0.303 e. The molecule has 0 aromatic carbocycles. The molecule has 6 N–H and O–H groups in total. The molecule has 1 atom stereocenters. The van der Waals surface area contributed by atoms with E-state index in [1.54, 1.807) is 6.92 Å². The lowest BCUT2D eigenvalue weighted by molar-refractivity contribution is -0.137. The average Bonchev–Trinajstić information content (AvgIpc) is 3.25. The molecule has 0 saturated heterocycles. The molecule has 0 bridgehead atoms. The molecule has 0 spiro atoms. The molecule has 0 rings (SSSR count). The van der Waals surface area contributed by atoms with E-state index < -0.39 is 11.9 Å². The van der Waals surface area contributed by atoms with Gasteiger partial charge in [-0.1, -0.05) is 0 Å². The van der Waals surface area contributed by atoms with E-state index in [-0.39, 0.29) is 62.8 Å². The number of nitrogens with one attached hydrogen (secondary N) is 4. The Morgan fingerprint density at radius 1 is 0.444 bits per heavy atom. The summed E-state index contributed by atoms with van der Waals surface area (Å²) < 4.78 is 65.3. The second kappa shape index (κ2) is 51.0. The van der Waals surface area contributed by atoms with Crippen LogP contribution in [0, 0.1) is 0 Å². The minimum Gasteiger partial charge on any atom is -0.483 e. The van der Waals surface area contributed by atoms with E-state index in [4.69, 9.17) is 71.8 Å². The number of hydrogen-bond donors (Lipinski definition) is 6. The van der Waals surface area contributed by atoms with E-state index in [2.05, 4.69) is 21.3 Å². The van der Waals surface area contributed by atoms with Gasteiger partial charge in [-0.3, -0.25) is 28.8 Å². The minimum atomic E-state index is -0.883. The summed E-state index contributed by atoms with van der Waals surface area (Å²) in [5.41, 5.74) is 0. The van der Waals surface area contributed by atoms with Gasteiger partial charge >= 0.3 is 5.97 Å². The van der Waals surface area contributed by atoms with Crippen LogP contribution in [-0.4, -0.2) is 231 Å². The highest BCUT2D eigenvalue weighted by atomic mass is 16.6. The van der Waals surface area contributed by atoms with E-state index in [1.807, 2.05) is 0 Å². The van der Waals surface area contributed by atoms with Crippen molar-refractivity contribution in [3.8, 4) is 0 Å². The number of ether oxygens (including phenoxy) is 12. The summed E-state index contributed by atoms with van der Waals surface area (Å²) in [5.74, 6) is -2.18. The Kier molecular flexibility index (Phi) is 49.7. The largest absolute Gasteiger partial charge is 0.483 e. The first kappa shape index (κ1) is 61.4. The molecule has 0 radical (unpaired) electrons. The zero-order valence-corrected chi connectivity index (χ0v) is 37.1. The predicted octanol–water partition coefficient (Wildman–Crippen LogP) is -1.99. The fraction of sp³-hybridized carbons (Fsp3) is 0.846. The Balaban J connectivity index is 0. The maximum Gasteiger partial charge on any atom is 0.303 e. The Morgan fingerprint density at radius 2 is 0.730 bits per heavy atom. The Labute approximate surface area is 370 Å². The summed E-state index contributed by atoms with van der Waals surface area (Å²) >= 11 is 0. The van der Waals surface area contributed by atoms with Crippen molar-refractivity contribution in [3.05, 3.63) is 0 Å². The number of carbonyl (C=O) groups excluding carboxylic acids is 4. The maximum atomic E-state index is 11.8. The lowest BCUT2D eigenvalue weighted by atomic mass is 10.2. The van der Waals surface area contributed by atoms with Crippen molar-refractivity contribution in [3.63, 3.8) is 0 Å². The zero-order valence-electron chi connectivity index (χ0n) is 37.1. The number of carboxylic acid groups (broad SMARTS) is 2. The highest BCUT2D eigenvalue weighted by molar-refractivity contribution is 5.87. The summed E-state index contributed by atoms with van der Waals surface area (Å²) in [5, 5.41) is 25.7. The second-order valence-electron chi connectivity index (χ2n) is 12.6. The van der Waals surface area contributed by atoms with Crippen molar-refractivity contribution in [2.45, 2.75) is 39.2 Å². The van der Waals surface area contributed by atoms with Gasteiger partial charge in [0.1, 0.15) is 0 Å². The quantitative estimate of drug-likeness (QED) is 0.0285. The van der Waals surface area contributed by atoms with Gasteiger partial charge in [0.15, 0.2) is 0 Å².